The number of rotatable bonds is 4. The van der Waals surface area contributed by atoms with Crippen molar-refractivity contribution in [1.82, 2.24) is 4.98 Å². The Morgan fingerprint density at radius 2 is 1.67 bits per heavy atom. The fourth-order valence-corrected chi connectivity index (χ4v) is 3.71. The Balaban J connectivity index is 1.67. The molecule has 5 nitrogen and oxygen atoms in total. The molecule has 6 heteroatoms. The minimum atomic E-state index is -3.93. The van der Waals surface area contributed by atoms with Crippen LogP contribution in [0.15, 0.2) is 76.0 Å². The van der Waals surface area contributed by atoms with Gasteiger partial charge in [0.2, 0.25) is 5.89 Å². The van der Waals surface area contributed by atoms with E-state index in [1.165, 1.54) is 12.1 Å². The fourth-order valence-electron chi connectivity index (χ4n) is 2.71. The third-order valence-corrected chi connectivity index (χ3v) is 5.60. The monoisotopic (exact) mass is 379 g/mol. The molecule has 136 valence electrons. The van der Waals surface area contributed by atoms with Gasteiger partial charge in [-0.2, -0.15) is 8.42 Å². The summed E-state index contributed by atoms with van der Waals surface area (Å²) in [5.41, 5.74) is 3.84. The van der Waals surface area contributed by atoms with E-state index in [0.29, 0.717) is 17.0 Å². The predicted octanol–water partition coefficient (Wildman–Crippen LogP) is 4.88. The summed E-state index contributed by atoms with van der Waals surface area (Å²) in [5, 5.41) is 0. The van der Waals surface area contributed by atoms with E-state index < -0.39 is 10.1 Å². The van der Waals surface area contributed by atoms with E-state index in [2.05, 4.69) is 4.98 Å². The van der Waals surface area contributed by atoms with Crippen molar-refractivity contribution in [1.29, 1.82) is 0 Å². The van der Waals surface area contributed by atoms with Crippen LogP contribution in [0.4, 0.5) is 0 Å². The van der Waals surface area contributed by atoms with Crippen LogP contribution in [0.2, 0.25) is 0 Å². The lowest BCUT2D eigenvalue weighted by Gasteiger charge is -2.08. The molecule has 0 saturated heterocycles. The van der Waals surface area contributed by atoms with Gasteiger partial charge < -0.3 is 8.60 Å². The molecule has 3 aromatic carbocycles. The summed E-state index contributed by atoms with van der Waals surface area (Å²) < 4.78 is 36.2. The zero-order chi connectivity index (χ0) is 19.0. The van der Waals surface area contributed by atoms with Gasteiger partial charge in [-0.1, -0.05) is 24.3 Å². The lowest BCUT2D eigenvalue weighted by molar-refractivity contribution is 0.485. The van der Waals surface area contributed by atoms with Gasteiger partial charge in [0, 0.05) is 11.6 Å². The van der Waals surface area contributed by atoms with E-state index in [-0.39, 0.29) is 10.6 Å². The van der Waals surface area contributed by atoms with Gasteiger partial charge in [0.05, 0.1) is 0 Å². The Bertz CT molecular complexity index is 1230. The second kappa shape index (κ2) is 6.55. The summed E-state index contributed by atoms with van der Waals surface area (Å²) in [6.45, 7) is 3.79. The molecule has 27 heavy (non-hydrogen) atoms. The molecule has 4 aromatic rings. The topological polar surface area (TPSA) is 69.4 Å². The number of aryl methyl sites for hydroxylation is 2. The van der Waals surface area contributed by atoms with E-state index in [0.717, 1.165) is 16.7 Å². The summed E-state index contributed by atoms with van der Waals surface area (Å²) in [4.78, 5) is 4.55. The second-order valence-corrected chi connectivity index (χ2v) is 7.84. The Hall–Kier alpha value is -3.12. The molecule has 0 bridgehead atoms. The lowest BCUT2D eigenvalue weighted by Crippen LogP contribution is -2.10. The normalized spacial score (nSPS) is 11.6. The predicted molar refractivity (Wildman–Crippen MR) is 103 cm³/mol. The first kappa shape index (κ1) is 17.3. The smallest absolute Gasteiger partial charge is 0.339 e. The highest BCUT2D eigenvalue weighted by molar-refractivity contribution is 7.87. The molecule has 1 heterocycles. The summed E-state index contributed by atoms with van der Waals surface area (Å²) >= 11 is 0. The van der Waals surface area contributed by atoms with Gasteiger partial charge in [0.15, 0.2) is 5.58 Å². The third-order valence-electron chi connectivity index (χ3n) is 4.35. The molecule has 0 aliphatic carbocycles. The van der Waals surface area contributed by atoms with Crippen molar-refractivity contribution in [3.63, 3.8) is 0 Å². The summed E-state index contributed by atoms with van der Waals surface area (Å²) in [5.74, 6) is 0.649. The minimum absolute atomic E-state index is 0.119. The number of nitrogens with zero attached hydrogens (tertiary/aromatic N) is 1. The molecule has 0 radical (unpaired) electrons. The first-order chi connectivity index (χ1) is 12.9. The zero-order valence-corrected chi connectivity index (χ0v) is 15.7. The highest BCUT2D eigenvalue weighted by Gasteiger charge is 2.18. The molecule has 1 aromatic heterocycles. The van der Waals surface area contributed by atoms with Crippen molar-refractivity contribution in [2.75, 3.05) is 0 Å². The molecule has 4 rings (SSSR count). The number of aromatic nitrogens is 1. The molecule has 0 spiro atoms. The summed E-state index contributed by atoms with van der Waals surface area (Å²) in [7, 11) is -3.93. The van der Waals surface area contributed by atoms with Gasteiger partial charge in [0.1, 0.15) is 16.2 Å². The molecular formula is C21H17NO4S. The van der Waals surface area contributed by atoms with Gasteiger partial charge in [-0.15, -0.1) is 0 Å². The van der Waals surface area contributed by atoms with E-state index in [1.54, 1.807) is 24.3 Å². The number of oxazole rings is 1. The van der Waals surface area contributed by atoms with Crippen LogP contribution in [-0.2, 0) is 10.1 Å². The number of hydrogen-bond donors (Lipinski definition) is 0. The van der Waals surface area contributed by atoms with Crippen LogP contribution in [0.5, 0.6) is 5.75 Å². The molecule has 0 unspecified atom stereocenters. The molecule has 0 aliphatic rings. The largest absolute Gasteiger partial charge is 0.436 e. The van der Waals surface area contributed by atoms with Crippen LogP contribution in [0, 0.1) is 13.8 Å². The zero-order valence-electron chi connectivity index (χ0n) is 14.8. The number of fused-ring (bicyclic) bond motifs is 1. The highest BCUT2D eigenvalue weighted by atomic mass is 32.2. The van der Waals surface area contributed by atoms with Crippen LogP contribution >= 0.6 is 0 Å². The van der Waals surface area contributed by atoms with E-state index >= 15 is 0 Å². The maximum Gasteiger partial charge on any atom is 0.339 e. The Labute approximate surface area is 157 Å². The second-order valence-electron chi connectivity index (χ2n) is 6.30. The van der Waals surface area contributed by atoms with Gasteiger partial charge in [-0.05, 0) is 61.4 Å². The van der Waals surface area contributed by atoms with Crippen molar-refractivity contribution in [2.45, 2.75) is 18.7 Å². The van der Waals surface area contributed by atoms with Crippen molar-refractivity contribution in [3.8, 4) is 17.2 Å². The van der Waals surface area contributed by atoms with Crippen molar-refractivity contribution < 1.29 is 17.0 Å². The summed E-state index contributed by atoms with van der Waals surface area (Å²) in [6, 6.07) is 19.2. The van der Waals surface area contributed by atoms with Crippen LogP contribution in [0.1, 0.15) is 11.1 Å². The SMILES string of the molecule is Cc1ccc(S(=O)(=O)Oc2ccc3nc(-c4ccccc4)oc3c2)cc1C. The number of hydrogen-bond acceptors (Lipinski definition) is 5. The van der Waals surface area contributed by atoms with Gasteiger partial charge in [0.25, 0.3) is 0 Å². The maximum atomic E-state index is 12.6. The first-order valence-corrected chi connectivity index (χ1v) is 9.81. The average Bonchev–Trinajstić information content (AvgIpc) is 3.07. The Morgan fingerprint density at radius 3 is 2.41 bits per heavy atom. The van der Waals surface area contributed by atoms with Crippen molar-refractivity contribution in [2.24, 2.45) is 0 Å². The van der Waals surface area contributed by atoms with Crippen molar-refractivity contribution >= 4 is 21.2 Å². The van der Waals surface area contributed by atoms with Gasteiger partial charge >= 0.3 is 10.1 Å². The minimum Gasteiger partial charge on any atom is -0.436 e. The van der Waals surface area contributed by atoms with Gasteiger partial charge in [-0.3, -0.25) is 0 Å². The highest BCUT2D eigenvalue weighted by Crippen LogP contribution is 2.28. The van der Waals surface area contributed by atoms with Crippen molar-refractivity contribution in [3.05, 3.63) is 77.9 Å². The average molecular weight is 379 g/mol. The molecule has 0 aliphatic heterocycles. The molecule has 0 amide bonds. The van der Waals surface area contributed by atoms with E-state index in [1.807, 2.05) is 44.2 Å². The molecule has 0 N–H and O–H groups in total. The van der Waals surface area contributed by atoms with E-state index in [9.17, 15) is 8.42 Å². The third kappa shape index (κ3) is 3.44. The first-order valence-electron chi connectivity index (χ1n) is 8.40. The summed E-state index contributed by atoms with van der Waals surface area (Å²) in [6.07, 6.45) is 0. The fraction of sp³-hybridized carbons (Fsp3) is 0.0952. The lowest BCUT2D eigenvalue weighted by atomic mass is 10.1. The maximum absolute atomic E-state index is 12.6. The molecule has 0 atom stereocenters. The van der Waals surface area contributed by atoms with Crippen LogP contribution < -0.4 is 4.18 Å². The molecule has 0 fully saturated rings. The quantitative estimate of drug-likeness (QED) is 0.473. The van der Waals surface area contributed by atoms with E-state index in [4.69, 9.17) is 8.60 Å². The standard InChI is InChI=1S/C21H17NO4S/c1-14-8-10-18(12-15(14)2)27(23,24)26-17-9-11-19-20(13-17)25-21(22-19)16-6-4-3-5-7-16/h3-13H,1-2H3. The van der Waals surface area contributed by atoms with Crippen LogP contribution in [-0.4, -0.2) is 13.4 Å². The molecular weight excluding hydrogens is 362 g/mol. The molecule has 0 saturated carbocycles. The van der Waals surface area contributed by atoms with Gasteiger partial charge in [-0.25, -0.2) is 4.98 Å². The van der Waals surface area contributed by atoms with Crippen LogP contribution in [0.3, 0.4) is 0 Å². The Morgan fingerprint density at radius 1 is 0.889 bits per heavy atom. The van der Waals surface area contributed by atoms with Crippen LogP contribution in [0.25, 0.3) is 22.6 Å². The Kier molecular flexibility index (Phi) is 4.20. The number of benzene rings is 3.